The standard InChI is InChI=1S/C3H4NO4P/c5-3(6)1-2-4-8-9-7/h2H,1H2,(H,5,6)/p+1. The maximum Gasteiger partial charge on any atom is 0.470 e. The molecule has 9 heavy (non-hydrogen) atoms. The first-order valence-electron chi connectivity index (χ1n) is 2.05. The molecule has 0 aromatic rings. The molecule has 6 heteroatoms. The van der Waals surface area contributed by atoms with Gasteiger partial charge in [-0.2, -0.15) is 4.62 Å². The molecular weight excluding hydrogens is 145 g/mol. The van der Waals surface area contributed by atoms with Crippen LogP contribution in [0.25, 0.3) is 0 Å². The van der Waals surface area contributed by atoms with Crippen LogP contribution in [0, 0.1) is 0 Å². The minimum atomic E-state index is -0.978. The van der Waals surface area contributed by atoms with E-state index in [1.54, 1.807) is 0 Å². The number of carboxylic acid groups (broad SMARTS) is 1. The first kappa shape index (κ1) is 8.04. The maximum atomic E-state index is 9.76. The van der Waals surface area contributed by atoms with Crippen molar-refractivity contribution in [3.8, 4) is 0 Å². The number of carbonyl (C=O) groups is 1. The Morgan fingerprint density at radius 2 is 2.56 bits per heavy atom. The predicted octanol–water partition coefficient (Wildman–Crippen LogP) is -1.25. The molecule has 0 spiro atoms. The van der Waals surface area contributed by atoms with Crippen LogP contribution in [-0.2, 0) is 14.0 Å². The van der Waals surface area contributed by atoms with E-state index in [0.717, 1.165) is 6.21 Å². The molecule has 0 radical (unpaired) electrons. The van der Waals surface area contributed by atoms with Gasteiger partial charge in [-0.25, -0.2) is 4.57 Å². The van der Waals surface area contributed by atoms with Crippen molar-refractivity contribution >= 4 is 20.9 Å². The summed E-state index contributed by atoms with van der Waals surface area (Å²) in [7, 11) is -0.528. The van der Waals surface area contributed by atoms with Gasteiger partial charge < -0.3 is 5.11 Å². The second-order valence-electron chi connectivity index (χ2n) is 1.09. The highest BCUT2D eigenvalue weighted by molar-refractivity contribution is 7.17. The Hall–Kier alpha value is -0.960. The molecule has 0 rings (SSSR count). The van der Waals surface area contributed by atoms with Gasteiger partial charge in [-0.3, -0.25) is 4.79 Å². The molecule has 0 aromatic heterocycles. The average Bonchev–Trinajstić information content (AvgIpc) is 1.80. The average molecular weight is 150 g/mol. The van der Waals surface area contributed by atoms with Crippen LogP contribution in [-0.4, -0.2) is 17.3 Å². The lowest BCUT2D eigenvalue weighted by Crippen LogP contribution is -2.65. The fourth-order valence-electron chi connectivity index (χ4n) is 0.188. The fourth-order valence-corrected chi connectivity index (χ4v) is 0.305. The van der Waals surface area contributed by atoms with E-state index in [-0.39, 0.29) is 6.42 Å². The number of carboxylic acids is 1. The van der Waals surface area contributed by atoms with E-state index in [2.05, 4.69) is 4.62 Å². The first-order valence-corrected chi connectivity index (χ1v) is 2.78. The van der Waals surface area contributed by atoms with E-state index in [9.17, 15) is 9.36 Å². The molecule has 50 valence electrons. The van der Waals surface area contributed by atoms with E-state index in [4.69, 9.17) is 5.11 Å². The van der Waals surface area contributed by atoms with Gasteiger partial charge in [0.25, 0.3) is 0 Å². The molecule has 0 fully saturated rings. The Labute approximate surface area is 52.6 Å². The summed E-state index contributed by atoms with van der Waals surface area (Å²) in [5.41, 5.74) is 0. The molecule has 0 unspecified atom stereocenters. The lowest BCUT2D eigenvalue weighted by molar-refractivity contribution is -0.700. The van der Waals surface area contributed by atoms with Gasteiger partial charge in [-0.15, -0.1) is 0 Å². The van der Waals surface area contributed by atoms with Crippen LogP contribution >= 0.6 is 8.69 Å². The van der Waals surface area contributed by atoms with Gasteiger partial charge in [0, 0.05) is 0 Å². The van der Waals surface area contributed by atoms with Crippen LogP contribution in [0.15, 0.2) is 0 Å². The summed E-state index contributed by atoms with van der Waals surface area (Å²) in [4.78, 5) is 9.76. The van der Waals surface area contributed by atoms with Gasteiger partial charge in [0.1, 0.15) is 6.42 Å². The maximum absolute atomic E-state index is 9.76. The van der Waals surface area contributed by atoms with Gasteiger partial charge in [-0.05, 0) is 5.16 Å². The highest BCUT2D eigenvalue weighted by Gasteiger charge is 1.93. The van der Waals surface area contributed by atoms with Gasteiger partial charge in [-0.1, -0.05) is 0 Å². The quantitative estimate of drug-likeness (QED) is 0.298. The molecule has 0 saturated heterocycles. The Morgan fingerprint density at radius 1 is 1.89 bits per heavy atom. The number of nitrogens with one attached hydrogen (secondary N) is 1. The van der Waals surface area contributed by atoms with Gasteiger partial charge in [0.05, 0.1) is 0 Å². The van der Waals surface area contributed by atoms with Crippen molar-refractivity contribution in [1.82, 2.24) is 0 Å². The molecule has 0 saturated carbocycles. The monoisotopic (exact) mass is 150 g/mol. The van der Waals surface area contributed by atoms with Gasteiger partial charge in [0.15, 0.2) is 0 Å². The summed E-state index contributed by atoms with van der Waals surface area (Å²) < 4.78 is 13.5. The van der Waals surface area contributed by atoms with Crippen LogP contribution in [0.1, 0.15) is 6.42 Å². The van der Waals surface area contributed by atoms with Crippen molar-refractivity contribution in [3.63, 3.8) is 0 Å². The lowest BCUT2D eigenvalue weighted by Gasteiger charge is -1.74. The van der Waals surface area contributed by atoms with Crippen molar-refractivity contribution in [2.45, 2.75) is 6.42 Å². The molecule has 0 atom stereocenters. The van der Waals surface area contributed by atoms with Gasteiger partial charge >= 0.3 is 14.7 Å². The Bertz CT molecular complexity index is 134. The van der Waals surface area contributed by atoms with Crippen LogP contribution < -0.4 is 5.16 Å². The van der Waals surface area contributed by atoms with Gasteiger partial charge in [0.2, 0.25) is 6.21 Å². The molecule has 0 aromatic carbocycles. The Kier molecular flexibility index (Phi) is 4.63. The zero-order chi connectivity index (χ0) is 7.11. The topological polar surface area (TPSA) is 77.6 Å². The van der Waals surface area contributed by atoms with Crippen LogP contribution in [0.2, 0.25) is 0 Å². The van der Waals surface area contributed by atoms with Crippen molar-refractivity contribution in [2.75, 3.05) is 0 Å². The van der Waals surface area contributed by atoms with Crippen LogP contribution in [0.4, 0.5) is 0 Å². The highest BCUT2D eigenvalue weighted by Crippen LogP contribution is 1.78. The second kappa shape index (κ2) is 5.18. The van der Waals surface area contributed by atoms with Crippen LogP contribution in [0.5, 0.6) is 0 Å². The third-order valence-electron chi connectivity index (χ3n) is 0.450. The normalized spacial score (nSPS) is 10.2. The number of rotatable bonds is 4. The summed E-state index contributed by atoms with van der Waals surface area (Å²) >= 11 is 0. The molecule has 0 bridgehead atoms. The molecule has 0 aliphatic rings. The fraction of sp³-hybridized carbons (Fsp3) is 0.333. The summed E-state index contributed by atoms with van der Waals surface area (Å²) in [6, 6.07) is 0. The van der Waals surface area contributed by atoms with Crippen molar-refractivity contribution < 1.29 is 24.2 Å². The third kappa shape index (κ3) is 7.04. The van der Waals surface area contributed by atoms with Crippen molar-refractivity contribution in [1.29, 1.82) is 0 Å². The lowest BCUT2D eigenvalue weighted by atomic mass is 10.5. The molecule has 2 N–H and O–H groups in total. The summed E-state index contributed by atoms with van der Waals surface area (Å²) in [6.45, 7) is 0. The highest BCUT2D eigenvalue weighted by atomic mass is 31.1. The van der Waals surface area contributed by atoms with Crippen LogP contribution in [0.3, 0.4) is 0 Å². The number of aliphatic carboxylic acids is 1. The minimum absolute atomic E-state index is 0.171. The summed E-state index contributed by atoms with van der Waals surface area (Å²) in [5, 5.41) is 10.0. The minimum Gasteiger partial charge on any atom is -0.481 e. The third-order valence-corrected chi connectivity index (χ3v) is 0.630. The zero-order valence-electron chi connectivity index (χ0n) is 4.40. The molecule has 0 heterocycles. The van der Waals surface area contributed by atoms with E-state index < -0.39 is 14.7 Å². The smallest absolute Gasteiger partial charge is 0.470 e. The summed E-state index contributed by atoms with van der Waals surface area (Å²) in [6.07, 6.45) is 0.961. The second-order valence-corrected chi connectivity index (χ2v) is 1.42. The number of hydrogen-bond acceptors (Lipinski definition) is 3. The molecule has 5 nitrogen and oxygen atoms in total. The zero-order valence-corrected chi connectivity index (χ0v) is 5.30. The molecule has 0 amide bonds. The molecular formula is C3H5NO4P+. The largest absolute Gasteiger partial charge is 0.481 e. The number of hydrogen-bond donors (Lipinski definition) is 2. The Balaban J connectivity index is 3.24. The summed E-state index contributed by atoms with van der Waals surface area (Å²) in [5.74, 6) is -0.978. The van der Waals surface area contributed by atoms with E-state index in [1.165, 1.54) is 0 Å². The van der Waals surface area contributed by atoms with E-state index in [1.807, 2.05) is 5.16 Å². The molecule has 0 aliphatic heterocycles. The molecule has 0 aliphatic carbocycles. The van der Waals surface area contributed by atoms with E-state index in [0.29, 0.717) is 0 Å². The Morgan fingerprint density at radius 3 is 3.00 bits per heavy atom. The van der Waals surface area contributed by atoms with E-state index >= 15 is 0 Å². The first-order chi connectivity index (χ1) is 4.27. The van der Waals surface area contributed by atoms with Crippen molar-refractivity contribution in [3.05, 3.63) is 0 Å². The SMILES string of the molecule is O=PO[NH+]=CCC(=O)O. The predicted molar refractivity (Wildman–Crippen MR) is 28.0 cm³/mol. The van der Waals surface area contributed by atoms with Crippen molar-refractivity contribution in [2.24, 2.45) is 0 Å².